The Balaban J connectivity index is 1.67. The molecule has 2 aromatic heterocycles. The van der Waals surface area contributed by atoms with Crippen LogP contribution in [0.25, 0.3) is 11.3 Å². The molecule has 0 aliphatic rings. The fourth-order valence-corrected chi connectivity index (χ4v) is 2.30. The van der Waals surface area contributed by atoms with Crippen LogP contribution in [0, 0.1) is 0 Å². The predicted molar refractivity (Wildman–Crippen MR) is 94.9 cm³/mol. The highest BCUT2D eigenvalue weighted by atomic mass is 16.5. The number of carbonyl (C=O) groups excluding carboxylic acids is 2. The van der Waals surface area contributed by atoms with Gasteiger partial charge >= 0.3 is 0 Å². The highest BCUT2D eigenvalue weighted by Crippen LogP contribution is 2.24. The van der Waals surface area contributed by atoms with Crippen molar-refractivity contribution in [3.63, 3.8) is 0 Å². The third-order valence-electron chi connectivity index (χ3n) is 3.68. The van der Waals surface area contributed by atoms with Gasteiger partial charge in [-0.15, -0.1) is 0 Å². The summed E-state index contributed by atoms with van der Waals surface area (Å²) < 4.78 is 12.2. The van der Waals surface area contributed by atoms with Crippen LogP contribution in [-0.2, 0) is 11.3 Å². The number of furan rings is 1. The predicted octanol–water partition coefficient (Wildman–Crippen LogP) is 2.15. The molecule has 1 aromatic carbocycles. The molecule has 2 amide bonds. The zero-order valence-electron chi connectivity index (χ0n) is 14.4. The quantitative estimate of drug-likeness (QED) is 0.707. The molecular formula is C18H18N4O4. The Kier molecular flexibility index (Phi) is 5.02. The van der Waals surface area contributed by atoms with Crippen LogP contribution >= 0.6 is 0 Å². The van der Waals surface area contributed by atoms with Crippen LogP contribution in [0.3, 0.4) is 0 Å². The van der Waals surface area contributed by atoms with E-state index in [1.807, 2.05) is 24.3 Å². The number of amides is 2. The summed E-state index contributed by atoms with van der Waals surface area (Å²) in [5, 5.41) is 9.21. The minimum Gasteiger partial charge on any atom is -0.497 e. The number of carbonyl (C=O) groups is 2. The number of likely N-dealkylation sites (N-methyl/N-ethyl adjacent to an activating group) is 1. The lowest BCUT2D eigenvalue weighted by Gasteiger charge is -2.01. The number of rotatable bonds is 6. The summed E-state index contributed by atoms with van der Waals surface area (Å²) in [5.74, 6) is 0.917. The number of aromatic nitrogens is 2. The molecule has 0 atom stereocenters. The second-order valence-electron chi connectivity index (χ2n) is 5.45. The van der Waals surface area contributed by atoms with Crippen LogP contribution in [0.4, 0.5) is 5.69 Å². The van der Waals surface area contributed by atoms with Crippen LogP contribution < -0.4 is 15.4 Å². The Labute approximate surface area is 149 Å². The Morgan fingerprint density at radius 2 is 1.96 bits per heavy atom. The monoisotopic (exact) mass is 354 g/mol. The molecule has 0 bridgehead atoms. The van der Waals surface area contributed by atoms with Crippen molar-refractivity contribution < 1.29 is 18.7 Å². The van der Waals surface area contributed by atoms with Gasteiger partial charge in [-0.3, -0.25) is 14.3 Å². The summed E-state index contributed by atoms with van der Waals surface area (Å²) in [5.41, 5.74) is 1.31. The highest BCUT2D eigenvalue weighted by molar-refractivity contribution is 6.02. The molecule has 8 heteroatoms. The summed E-state index contributed by atoms with van der Waals surface area (Å²) in [6.45, 7) is 0.0781. The summed E-state index contributed by atoms with van der Waals surface area (Å²) >= 11 is 0. The van der Waals surface area contributed by atoms with E-state index in [1.54, 1.807) is 32.5 Å². The minimum atomic E-state index is -0.399. The van der Waals surface area contributed by atoms with Crippen LogP contribution in [0.1, 0.15) is 10.6 Å². The molecule has 2 heterocycles. The molecule has 0 radical (unpaired) electrons. The number of hydrogen-bond donors (Lipinski definition) is 2. The van der Waals surface area contributed by atoms with Crippen LogP contribution in [0.5, 0.6) is 5.75 Å². The van der Waals surface area contributed by atoms with Crippen molar-refractivity contribution in [2.75, 3.05) is 19.5 Å². The van der Waals surface area contributed by atoms with E-state index >= 15 is 0 Å². The van der Waals surface area contributed by atoms with Crippen LogP contribution in [-0.4, -0.2) is 35.8 Å². The van der Waals surface area contributed by atoms with E-state index in [9.17, 15) is 9.59 Å². The zero-order chi connectivity index (χ0) is 18.5. The number of hydrogen-bond acceptors (Lipinski definition) is 5. The second kappa shape index (κ2) is 7.56. The van der Waals surface area contributed by atoms with Crippen molar-refractivity contribution in [3.05, 3.63) is 54.6 Å². The van der Waals surface area contributed by atoms with Gasteiger partial charge in [0.15, 0.2) is 5.76 Å². The first-order chi connectivity index (χ1) is 12.6. The first kappa shape index (κ1) is 17.3. The number of methoxy groups -OCH3 is 1. The lowest BCUT2D eigenvalue weighted by Crippen LogP contribution is -2.23. The Hall–Kier alpha value is -3.55. The van der Waals surface area contributed by atoms with Crippen molar-refractivity contribution in [2.45, 2.75) is 6.54 Å². The largest absolute Gasteiger partial charge is 0.497 e. The lowest BCUT2D eigenvalue weighted by atomic mass is 10.2. The van der Waals surface area contributed by atoms with Crippen LogP contribution in [0.15, 0.2) is 53.2 Å². The summed E-state index contributed by atoms with van der Waals surface area (Å²) in [7, 11) is 3.15. The minimum absolute atomic E-state index is 0.0781. The molecule has 2 N–H and O–H groups in total. The molecule has 0 saturated carbocycles. The maximum absolute atomic E-state index is 12.3. The summed E-state index contributed by atoms with van der Waals surface area (Å²) in [4.78, 5) is 23.6. The topological polar surface area (TPSA) is 98.4 Å². The molecule has 0 saturated heterocycles. The molecule has 8 nitrogen and oxygen atoms in total. The van der Waals surface area contributed by atoms with Gasteiger partial charge in [-0.1, -0.05) is 0 Å². The third-order valence-corrected chi connectivity index (χ3v) is 3.68. The van der Waals surface area contributed by atoms with Gasteiger partial charge in [-0.05, 0) is 36.4 Å². The molecule has 0 aliphatic carbocycles. The van der Waals surface area contributed by atoms with Crippen LogP contribution in [0.2, 0.25) is 0 Å². The van der Waals surface area contributed by atoms with Crippen molar-refractivity contribution >= 4 is 17.5 Å². The van der Waals surface area contributed by atoms with E-state index in [2.05, 4.69) is 15.7 Å². The van der Waals surface area contributed by atoms with E-state index < -0.39 is 5.91 Å². The number of nitrogens with zero attached hydrogens (tertiary/aromatic N) is 2. The van der Waals surface area contributed by atoms with E-state index in [0.717, 1.165) is 11.3 Å². The van der Waals surface area contributed by atoms with Gasteiger partial charge in [-0.25, -0.2) is 0 Å². The molecule has 3 aromatic rings. The van der Waals surface area contributed by atoms with Gasteiger partial charge in [-0.2, -0.15) is 5.10 Å². The molecule has 0 fully saturated rings. The molecule has 0 unspecified atom stereocenters. The summed E-state index contributed by atoms with van der Waals surface area (Å²) in [6, 6.07) is 10.7. The average molecular weight is 354 g/mol. The smallest absolute Gasteiger partial charge is 0.291 e. The first-order valence-corrected chi connectivity index (χ1v) is 7.87. The maximum Gasteiger partial charge on any atom is 0.291 e. The normalized spacial score (nSPS) is 10.4. The van der Waals surface area contributed by atoms with Gasteiger partial charge in [0.2, 0.25) is 5.91 Å². The molecular weight excluding hydrogens is 336 g/mol. The number of anilines is 1. The average Bonchev–Trinajstić information content (AvgIpc) is 3.31. The van der Waals surface area contributed by atoms with Gasteiger partial charge in [0.1, 0.15) is 18.1 Å². The maximum atomic E-state index is 12.3. The third kappa shape index (κ3) is 3.92. The number of ether oxygens (including phenoxy) is 1. The van der Waals surface area contributed by atoms with E-state index in [-0.39, 0.29) is 18.2 Å². The van der Waals surface area contributed by atoms with E-state index in [4.69, 9.17) is 9.15 Å². The van der Waals surface area contributed by atoms with Gasteiger partial charge < -0.3 is 19.8 Å². The standard InChI is InChI=1S/C18H18N4O4/c1-19-17(23)11-22-10-13(9-20-22)21-18(24)16-8-7-15(26-16)12-3-5-14(25-2)6-4-12/h3-10H,11H2,1-2H3,(H,19,23)(H,21,24). The zero-order valence-corrected chi connectivity index (χ0v) is 14.4. The SMILES string of the molecule is CNC(=O)Cn1cc(NC(=O)c2ccc(-c3ccc(OC)cc3)o2)cn1. The molecule has 134 valence electrons. The Bertz CT molecular complexity index is 911. The molecule has 3 rings (SSSR count). The lowest BCUT2D eigenvalue weighted by molar-refractivity contribution is -0.121. The second-order valence-corrected chi connectivity index (χ2v) is 5.45. The summed E-state index contributed by atoms with van der Waals surface area (Å²) in [6.07, 6.45) is 3.04. The van der Waals surface area contributed by atoms with Crippen molar-refractivity contribution in [2.24, 2.45) is 0 Å². The number of benzene rings is 1. The highest BCUT2D eigenvalue weighted by Gasteiger charge is 2.14. The van der Waals surface area contributed by atoms with Crippen molar-refractivity contribution in [1.82, 2.24) is 15.1 Å². The Morgan fingerprint density at radius 1 is 1.19 bits per heavy atom. The van der Waals surface area contributed by atoms with Gasteiger partial charge in [0.25, 0.3) is 5.91 Å². The van der Waals surface area contributed by atoms with Crippen molar-refractivity contribution in [3.8, 4) is 17.1 Å². The molecule has 0 aliphatic heterocycles. The molecule has 26 heavy (non-hydrogen) atoms. The van der Waals surface area contributed by atoms with Gasteiger partial charge in [0, 0.05) is 18.8 Å². The van der Waals surface area contributed by atoms with E-state index in [0.29, 0.717) is 11.4 Å². The first-order valence-electron chi connectivity index (χ1n) is 7.87. The van der Waals surface area contributed by atoms with Gasteiger partial charge in [0.05, 0.1) is 19.0 Å². The van der Waals surface area contributed by atoms with Crippen molar-refractivity contribution in [1.29, 1.82) is 0 Å². The number of nitrogens with one attached hydrogen (secondary N) is 2. The fraction of sp³-hybridized carbons (Fsp3) is 0.167. The Morgan fingerprint density at radius 3 is 2.65 bits per heavy atom. The van der Waals surface area contributed by atoms with E-state index in [1.165, 1.54) is 10.9 Å². The fourth-order valence-electron chi connectivity index (χ4n) is 2.30. The molecule has 0 spiro atoms.